The van der Waals surface area contributed by atoms with Gasteiger partial charge in [0, 0.05) is 11.6 Å². The molecule has 1 saturated carbocycles. The largest absolute Gasteiger partial charge is 0.508 e. The van der Waals surface area contributed by atoms with E-state index in [2.05, 4.69) is 11.9 Å². The van der Waals surface area contributed by atoms with E-state index in [1.165, 1.54) is 32.1 Å². The second-order valence-corrected chi connectivity index (χ2v) is 6.30. The average Bonchev–Trinajstić information content (AvgIpc) is 2.43. The highest BCUT2D eigenvalue weighted by atomic mass is 32.1. The zero-order valence-electron chi connectivity index (χ0n) is 12.3. The second-order valence-electron chi connectivity index (χ2n) is 5.82. The first-order valence-electron chi connectivity index (χ1n) is 7.31. The highest BCUT2D eigenvalue weighted by Gasteiger charge is 2.29. The molecule has 3 N–H and O–H groups in total. The van der Waals surface area contributed by atoms with Gasteiger partial charge in [-0.15, -0.1) is 0 Å². The third-order valence-electron chi connectivity index (χ3n) is 4.31. The smallest absolute Gasteiger partial charge is 0.120 e. The van der Waals surface area contributed by atoms with Crippen LogP contribution in [-0.2, 0) is 0 Å². The minimum Gasteiger partial charge on any atom is -0.508 e. The maximum absolute atomic E-state index is 10.2. The van der Waals surface area contributed by atoms with Crippen molar-refractivity contribution in [3.05, 3.63) is 29.3 Å². The van der Waals surface area contributed by atoms with Gasteiger partial charge in [-0.2, -0.15) is 0 Å². The Hall–Kier alpha value is -1.13. The first kappa shape index (κ1) is 15.3. The van der Waals surface area contributed by atoms with Crippen LogP contribution in [0.2, 0.25) is 0 Å². The number of phenols is 1. The van der Waals surface area contributed by atoms with Crippen LogP contribution in [-0.4, -0.2) is 28.1 Å². The van der Waals surface area contributed by atoms with Crippen LogP contribution in [0.3, 0.4) is 0 Å². The fraction of sp³-hybridized carbons (Fsp3) is 0.562. The lowest BCUT2D eigenvalue weighted by atomic mass is 9.92. The molecule has 0 saturated heterocycles. The molecule has 1 unspecified atom stereocenters. The van der Waals surface area contributed by atoms with Crippen LogP contribution < -0.4 is 5.73 Å². The predicted molar refractivity (Wildman–Crippen MR) is 87.0 cm³/mol. The van der Waals surface area contributed by atoms with Gasteiger partial charge in [0.2, 0.25) is 0 Å². The van der Waals surface area contributed by atoms with Crippen LogP contribution >= 0.6 is 12.2 Å². The molecule has 0 spiro atoms. The molecule has 0 aromatic heterocycles. The second kappa shape index (κ2) is 6.55. The minimum absolute atomic E-state index is 0.187. The summed E-state index contributed by atoms with van der Waals surface area (Å²) in [4.78, 5) is 2.68. The summed E-state index contributed by atoms with van der Waals surface area (Å²) in [5.74, 6) is 0.274. The van der Waals surface area contributed by atoms with Crippen LogP contribution in [0.1, 0.15) is 49.3 Å². The lowest BCUT2D eigenvalue weighted by Crippen LogP contribution is -2.41. The molecule has 0 heterocycles. The lowest BCUT2D eigenvalue weighted by Gasteiger charge is -2.37. The fourth-order valence-electron chi connectivity index (χ4n) is 3.17. The first-order chi connectivity index (χ1) is 9.50. The van der Waals surface area contributed by atoms with Gasteiger partial charge in [0.1, 0.15) is 5.75 Å². The van der Waals surface area contributed by atoms with E-state index in [9.17, 15) is 5.11 Å². The Kier molecular flexibility index (Phi) is 5.00. The molecule has 1 aromatic carbocycles. The molecule has 0 aliphatic heterocycles. The van der Waals surface area contributed by atoms with Gasteiger partial charge >= 0.3 is 0 Å². The Morgan fingerprint density at radius 2 is 2.00 bits per heavy atom. The number of rotatable bonds is 4. The fourth-order valence-corrected chi connectivity index (χ4v) is 3.46. The van der Waals surface area contributed by atoms with Crippen molar-refractivity contribution < 1.29 is 5.11 Å². The summed E-state index contributed by atoms with van der Waals surface area (Å²) in [5.41, 5.74) is 7.91. The van der Waals surface area contributed by atoms with Crippen LogP contribution in [0.5, 0.6) is 5.75 Å². The summed E-state index contributed by atoms with van der Waals surface area (Å²) in [6.07, 6.45) is 6.21. The van der Waals surface area contributed by atoms with Gasteiger partial charge in [0.05, 0.1) is 11.0 Å². The molecule has 1 fully saturated rings. The van der Waals surface area contributed by atoms with Gasteiger partial charge in [-0.25, -0.2) is 0 Å². The van der Waals surface area contributed by atoms with Crippen molar-refractivity contribution in [3.8, 4) is 5.75 Å². The molecule has 110 valence electrons. The SMILES string of the molecule is Cc1ccc(O)c(C(C(N)=S)N(C)C2CCCCC2)c1. The third kappa shape index (κ3) is 3.30. The minimum atomic E-state index is -0.187. The maximum Gasteiger partial charge on any atom is 0.120 e. The molecule has 0 radical (unpaired) electrons. The molecule has 0 bridgehead atoms. The van der Waals surface area contributed by atoms with Crippen molar-refractivity contribution >= 4 is 17.2 Å². The number of nitrogens with zero attached hydrogens (tertiary/aromatic N) is 1. The number of benzene rings is 1. The van der Waals surface area contributed by atoms with E-state index in [0.717, 1.165) is 11.1 Å². The summed E-state index contributed by atoms with van der Waals surface area (Å²) < 4.78 is 0. The molecule has 1 aliphatic carbocycles. The van der Waals surface area contributed by atoms with Gasteiger partial charge in [-0.1, -0.05) is 49.2 Å². The van der Waals surface area contributed by atoms with Gasteiger partial charge < -0.3 is 10.8 Å². The number of hydrogen-bond acceptors (Lipinski definition) is 3. The number of aryl methyl sites for hydroxylation is 1. The quantitative estimate of drug-likeness (QED) is 0.836. The maximum atomic E-state index is 10.2. The molecule has 1 aromatic rings. The van der Waals surface area contributed by atoms with Crippen LogP contribution in [0.15, 0.2) is 18.2 Å². The van der Waals surface area contributed by atoms with Gasteiger partial charge in [-0.05, 0) is 32.9 Å². The Labute approximate surface area is 126 Å². The molecule has 2 rings (SSSR count). The van der Waals surface area contributed by atoms with Gasteiger partial charge in [0.25, 0.3) is 0 Å². The zero-order chi connectivity index (χ0) is 14.7. The number of aromatic hydroxyl groups is 1. The molecule has 1 atom stereocenters. The topological polar surface area (TPSA) is 49.5 Å². The number of phenolic OH excluding ortho intramolecular Hbond substituents is 1. The molecule has 3 nitrogen and oxygen atoms in total. The van der Waals surface area contributed by atoms with E-state index in [0.29, 0.717) is 11.0 Å². The Balaban J connectivity index is 2.30. The predicted octanol–water partition coefficient (Wildman–Crippen LogP) is 3.29. The normalized spacial score (nSPS) is 18.1. The Bertz CT molecular complexity index is 483. The van der Waals surface area contributed by atoms with Crippen molar-refractivity contribution in [2.45, 2.75) is 51.1 Å². The molecular formula is C16H24N2OS. The highest BCUT2D eigenvalue weighted by molar-refractivity contribution is 7.80. The molecule has 20 heavy (non-hydrogen) atoms. The first-order valence-corrected chi connectivity index (χ1v) is 7.72. The van der Waals surface area contributed by atoms with Crippen molar-refractivity contribution in [2.24, 2.45) is 5.73 Å². The number of hydrogen-bond donors (Lipinski definition) is 2. The van der Waals surface area contributed by atoms with E-state index in [-0.39, 0.29) is 11.8 Å². The number of thiocarbonyl (C=S) groups is 1. The van der Waals surface area contributed by atoms with E-state index >= 15 is 0 Å². The number of likely N-dealkylation sites (N-methyl/N-ethyl adjacent to an activating group) is 1. The van der Waals surface area contributed by atoms with Gasteiger partial charge in [0.15, 0.2) is 0 Å². The average molecular weight is 292 g/mol. The van der Waals surface area contributed by atoms with Crippen LogP contribution in [0, 0.1) is 6.92 Å². The molecular weight excluding hydrogens is 268 g/mol. The summed E-state index contributed by atoms with van der Waals surface area (Å²) in [5, 5.41) is 10.2. The lowest BCUT2D eigenvalue weighted by molar-refractivity contribution is 0.168. The summed E-state index contributed by atoms with van der Waals surface area (Å²) >= 11 is 5.27. The zero-order valence-corrected chi connectivity index (χ0v) is 13.1. The third-order valence-corrected chi connectivity index (χ3v) is 4.53. The van der Waals surface area contributed by atoms with Crippen LogP contribution in [0.4, 0.5) is 0 Å². The van der Waals surface area contributed by atoms with E-state index in [4.69, 9.17) is 18.0 Å². The van der Waals surface area contributed by atoms with Crippen molar-refractivity contribution in [2.75, 3.05) is 7.05 Å². The summed E-state index contributed by atoms with van der Waals surface area (Å²) in [6.45, 7) is 2.01. The number of nitrogens with two attached hydrogens (primary N) is 1. The van der Waals surface area contributed by atoms with Crippen molar-refractivity contribution in [3.63, 3.8) is 0 Å². The summed E-state index contributed by atoms with van der Waals surface area (Å²) in [6, 6.07) is 5.92. The van der Waals surface area contributed by atoms with Crippen LogP contribution in [0.25, 0.3) is 0 Å². The highest BCUT2D eigenvalue weighted by Crippen LogP contribution is 2.33. The Morgan fingerprint density at radius 1 is 1.35 bits per heavy atom. The van der Waals surface area contributed by atoms with Crippen molar-refractivity contribution in [1.29, 1.82) is 0 Å². The van der Waals surface area contributed by atoms with E-state index in [1.54, 1.807) is 6.07 Å². The molecule has 1 aliphatic rings. The Morgan fingerprint density at radius 3 is 2.60 bits per heavy atom. The van der Waals surface area contributed by atoms with E-state index in [1.807, 2.05) is 19.1 Å². The standard InChI is InChI=1S/C16H24N2OS/c1-11-8-9-14(19)13(10-11)15(16(17)20)18(2)12-6-4-3-5-7-12/h8-10,12,15,19H,3-7H2,1-2H3,(H2,17,20). The molecule has 4 heteroatoms. The summed E-state index contributed by atoms with van der Waals surface area (Å²) in [7, 11) is 2.07. The monoisotopic (exact) mass is 292 g/mol. The van der Waals surface area contributed by atoms with E-state index < -0.39 is 0 Å². The van der Waals surface area contributed by atoms with Crippen molar-refractivity contribution in [1.82, 2.24) is 4.90 Å². The molecule has 0 amide bonds. The van der Waals surface area contributed by atoms with Gasteiger partial charge in [-0.3, -0.25) is 4.90 Å².